The second-order valence-electron chi connectivity index (χ2n) is 1.49. The van der Waals surface area contributed by atoms with Gasteiger partial charge in [0, 0.05) is 0 Å². The molecule has 0 saturated heterocycles. The first-order valence-corrected chi connectivity index (χ1v) is 2.36. The highest BCUT2D eigenvalue weighted by Gasteiger charge is 1.80. The highest BCUT2D eigenvalue weighted by Crippen LogP contribution is 1.93. The van der Waals surface area contributed by atoms with Crippen LogP contribution in [-0.2, 0) is 0 Å². The van der Waals surface area contributed by atoms with E-state index in [0.29, 0.717) is 0 Å². The van der Waals surface area contributed by atoms with Crippen molar-refractivity contribution in [2.45, 2.75) is 6.92 Å². The lowest BCUT2D eigenvalue weighted by Gasteiger charge is -1.79. The van der Waals surface area contributed by atoms with Crippen molar-refractivity contribution in [2.24, 2.45) is 5.73 Å². The molecule has 0 heterocycles. The third kappa shape index (κ3) is 4.56. The van der Waals surface area contributed by atoms with Crippen LogP contribution in [0.25, 0.3) is 0 Å². The molecule has 0 spiro atoms. The first-order chi connectivity index (χ1) is 4.16. The maximum Gasteiger partial charge on any atom is 0.117 e. The van der Waals surface area contributed by atoms with Crippen LogP contribution in [0.15, 0.2) is 23.7 Å². The van der Waals surface area contributed by atoms with Gasteiger partial charge in [-0.3, -0.25) is 0 Å². The normalized spacial score (nSPS) is 13.0. The Bertz CT molecular complexity index is 182. The van der Waals surface area contributed by atoms with E-state index in [4.69, 9.17) is 11.0 Å². The van der Waals surface area contributed by atoms with Crippen LogP contribution < -0.4 is 5.73 Å². The minimum atomic E-state index is -0.367. The van der Waals surface area contributed by atoms with Gasteiger partial charge in [-0.2, -0.15) is 5.26 Å². The van der Waals surface area contributed by atoms with Crippen molar-refractivity contribution in [1.82, 2.24) is 0 Å². The van der Waals surface area contributed by atoms with Gasteiger partial charge in [-0.15, -0.1) is 0 Å². The molecular formula is C6H7FN2. The molecule has 9 heavy (non-hydrogen) atoms. The van der Waals surface area contributed by atoms with E-state index in [1.165, 1.54) is 13.0 Å². The first-order valence-electron chi connectivity index (χ1n) is 2.36. The summed E-state index contributed by atoms with van der Waals surface area (Å²) >= 11 is 0. The Morgan fingerprint density at radius 2 is 2.22 bits per heavy atom. The van der Waals surface area contributed by atoms with Crippen molar-refractivity contribution < 1.29 is 4.39 Å². The molecule has 2 nitrogen and oxygen atoms in total. The summed E-state index contributed by atoms with van der Waals surface area (Å²) in [4.78, 5) is 0. The number of halogens is 1. The van der Waals surface area contributed by atoms with Gasteiger partial charge in [-0.25, -0.2) is 4.39 Å². The fourth-order valence-corrected chi connectivity index (χ4v) is 0.242. The van der Waals surface area contributed by atoms with Gasteiger partial charge in [0.2, 0.25) is 0 Å². The molecule has 0 fully saturated rings. The van der Waals surface area contributed by atoms with E-state index in [-0.39, 0.29) is 11.5 Å². The molecule has 0 bridgehead atoms. The summed E-state index contributed by atoms with van der Waals surface area (Å²) in [5.41, 5.74) is 5.02. The third-order valence-electron chi connectivity index (χ3n) is 0.622. The molecule has 0 amide bonds. The van der Waals surface area contributed by atoms with Crippen molar-refractivity contribution in [2.75, 3.05) is 0 Å². The van der Waals surface area contributed by atoms with Gasteiger partial charge in [0.05, 0.1) is 5.83 Å². The molecule has 0 aromatic rings. The van der Waals surface area contributed by atoms with E-state index in [2.05, 4.69) is 0 Å². The lowest BCUT2D eigenvalue weighted by atomic mass is 10.4. The molecule has 2 N–H and O–H groups in total. The summed E-state index contributed by atoms with van der Waals surface area (Å²) < 4.78 is 11.8. The smallest absolute Gasteiger partial charge is 0.117 e. The number of hydrogen-bond donors (Lipinski definition) is 1. The summed E-state index contributed by atoms with van der Waals surface area (Å²) in [7, 11) is 0. The fourth-order valence-electron chi connectivity index (χ4n) is 0.242. The highest BCUT2D eigenvalue weighted by molar-refractivity contribution is 5.22. The second-order valence-corrected chi connectivity index (χ2v) is 1.49. The molecule has 0 saturated carbocycles. The van der Waals surface area contributed by atoms with Crippen LogP contribution in [0.5, 0.6) is 0 Å². The van der Waals surface area contributed by atoms with Gasteiger partial charge in [-0.05, 0) is 19.1 Å². The van der Waals surface area contributed by atoms with Gasteiger partial charge >= 0.3 is 0 Å². The van der Waals surface area contributed by atoms with Crippen LogP contribution in [0.1, 0.15) is 6.92 Å². The number of allylic oxidation sites excluding steroid dienone is 4. The minimum absolute atomic E-state index is 0.00648. The molecule has 3 heteroatoms. The van der Waals surface area contributed by atoms with Crippen molar-refractivity contribution in [3.05, 3.63) is 23.7 Å². The van der Waals surface area contributed by atoms with E-state index in [9.17, 15) is 4.39 Å². The Morgan fingerprint density at radius 1 is 1.67 bits per heavy atom. The summed E-state index contributed by atoms with van der Waals surface area (Å²) in [6.45, 7) is 1.28. The van der Waals surface area contributed by atoms with E-state index in [1.54, 1.807) is 6.07 Å². The van der Waals surface area contributed by atoms with Crippen LogP contribution in [0, 0.1) is 11.3 Å². The van der Waals surface area contributed by atoms with Crippen LogP contribution in [-0.4, -0.2) is 0 Å². The van der Waals surface area contributed by atoms with E-state index >= 15 is 0 Å². The molecule has 0 aromatic carbocycles. The van der Waals surface area contributed by atoms with E-state index in [0.717, 1.165) is 6.08 Å². The van der Waals surface area contributed by atoms with Crippen LogP contribution in [0.2, 0.25) is 0 Å². The number of hydrogen-bond acceptors (Lipinski definition) is 2. The topological polar surface area (TPSA) is 49.8 Å². The van der Waals surface area contributed by atoms with Crippen molar-refractivity contribution in [1.29, 1.82) is 5.26 Å². The SMILES string of the molecule is C/C(F)=C\C=C(/N)C#N. The molecule has 0 aliphatic carbocycles. The lowest BCUT2D eigenvalue weighted by Crippen LogP contribution is -1.90. The Balaban J connectivity index is 4.03. The quantitative estimate of drug-likeness (QED) is 0.424. The van der Waals surface area contributed by atoms with Crippen molar-refractivity contribution >= 4 is 0 Å². The highest BCUT2D eigenvalue weighted by atomic mass is 19.1. The van der Waals surface area contributed by atoms with Crippen LogP contribution in [0.3, 0.4) is 0 Å². The fraction of sp³-hybridized carbons (Fsp3) is 0.167. The Hall–Kier alpha value is -1.30. The first kappa shape index (κ1) is 7.70. The average Bonchev–Trinajstić information content (AvgIpc) is 1.83. The zero-order valence-electron chi connectivity index (χ0n) is 5.06. The molecular weight excluding hydrogens is 119 g/mol. The van der Waals surface area contributed by atoms with E-state index < -0.39 is 0 Å². The molecule has 0 unspecified atom stereocenters. The molecule has 0 atom stereocenters. The standard InChI is InChI=1S/C6H7FN2/c1-5(7)2-3-6(9)4-8/h2-3H,9H2,1H3/b5-2+,6-3-. The summed E-state index contributed by atoms with van der Waals surface area (Å²) in [6, 6.07) is 1.65. The number of nitriles is 1. The van der Waals surface area contributed by atoms with Crippen molar-refractivity contribution in [3.63, 3.8) is 0 Å². The predicted molar refractivity (Wildman–Crippen MR) is 32.7 cm³/mol. The lowest BCUT2D eigenvalue weighted by molar-refractivity contribution is 0.640. The van der Waals surface area contributed by atoms with Gasteiger partial charge in [-0.1, -0.05) is 0 Å². The minimum Gasteiger partial charge on any atom is -0.390 e. The summed E-state index contributed by atoms with van der Waals surface area (Å²) in [5, 5.41) is 8.05. The van der Waals surface area contributed by atoms with Gasteiger partial charge < -0.3 is 5.73 Å². The maximum atomic E-state index is 11.8. The zero-order valence-corrected chi connectivity index (χ0v) is 5.06. The monoisotopic (exact) mass is 126 g/mol. The molecule has 48 valence electrons. The zero-order chi connectivity index (χ0) is 7.28. The largest absolute Gasteiger partial charge is 0.390 e. The number of nitrogens with zero attached hydrogens (tertiary/aromatic N) is 1. The molecule has 0 aromatic heterocycles. The Kier molecular flexibility index (Phi) is 3.14. The van der Waals surface area contributed by atoms with E-state index in [1.807, 2.05) is 0 Å². The second kappa shape index (κ2) is 3.67. The average molecular weight is 126 g/mol. The Morgan fingerprint density at radius 3 is 2.56 bits per heavy atom. The van der Waals surface area contributed by atoms with Gasteiger partial charge in [0.25, 0.3) is 0 Å². The molecule has 0 aliphatic heterocycles. The Labute approximate surface area is 53.1 Å². The molecule has 0 rings (SSSR count). The number of nitrogens with two attached hydrogens (primary N) is 1. The van der Waals surface area contributed by atoms with Crippen molar-refractivity contribution in [3.8, 4) is 6.07 Å². The molecule has 0 aliphatic rings. The summed E-state index contributed by atoms with van der Waals surface area (Å²) in [5.74, 6) is -0.367. The number of rotatable bonds is 1. The summed E-state index contributed by atoms with van der Waals surface area (Å²) in [6.07, 6.45) is 2.36. The van der Waals surface area contributed by atoms with Gasteiger partial charge in [0.15, 0.2) is 0 Å². The third-order valence-corrected chi connectivity index (χ3v) is 0.622. The predicted octanol–water partition coefficient (Wildman–Crippen LogP) is 1.23. The maximum absolute atomic E-state index is 11.8. The van der Waals surface area contributed by atoms with Crippen LogP contribution >= 0.6 is 0 Å². The van der Waals surface area contributed by atoms with Crippen LogP contribution in [0.4, 0.5) is 4.39 Å². The molecule has 0 radical (unpaired) electrons. The van der Waals surface area contributed by atoms with Gasteiger partial charge in [0.1, 0.15) is 11.8 Å².